The van der Waals surface area contributed by atoms with Crippen LogP contribution in [0.2, 0.25) is 0 Å². The van der Waals surface area contributed by atoms with Crippen LogP contribution in [-0.4, -0.2) is 30.0 Å². The predicted octanol–water partition coefficient (Wildman–Crippen LogP) is 1.68. The van der Waals surface area contributed by atoms with Crippen LogP contribution in [0.1, 0.15) is 32.8 Å². The monoisotopic (exact) mass is 278 g/mol. The standard InChI is InChI=1S/C15H26N4O/c1-11-6-7-12(19-10-11)17-8-5-9-18-14(20)13(16)15(2,3)4/h6-7,10,13H,5,8-9,16H2,1-4H3,(H,17,19)(H,18,20)/t13-/m1/s1. The summed E-state index contributed by atoms with van der Waals surface area (Å²) in [6.45, 7) is 9.26. The van der Waals surface area contributed by atoms with E-state index >= 15 is 0 Å². The van der Waals surface area contributed by atoms with Gasteiger partial charge >= 0.3 is 0 Å². The number of nitrogens with two attached hydrogens (primary N) is 1. The Labute approximate surface area is 121 Å². The van der Waals surface area contributed by atoms with Crippen LogP contribution in [0.5, 0.6) is 0 Å². The predicted molar refractivity (Wildman–Crippen MR) is 82.5 cm³/mol. The maximum absolute atomic E-state index is 11.8. The lowest BCUT2D eigenvalue weighted by molar-refractivity contribution is -0.124. The van der Waals surface area contributed by atoms with Crippen LogP contribution < -0.4 is 16.4 Å². The molecule has 0 unspecified atom stereocenters. The number of rotatable bonds is 6. The SMILES string of the molecule is Cc1ccc(NCCCNC(=O)[C@@H](N)C(C)(C)C)nc1. The van der Waals surface area contributed by atoms with Crippen LogP contribution in [0.25, 0.3) is 0 Å². The minimum absolute atomic E-state index is 0.0917. The second-order valence-corrected chi connectivity index (χ2v) is 6.14. The smallest absolute Gasteiger partial charge is 0.237 e. The fourth-order valence-corrected chi connectivity index (χ4v) is 1.59. The zero-order valence-corrected chi connectivity index (χ0v) is 12.9. The molecule has 5 nitrogen and oxygen atoms in total. The minimum atomic E-state index is -0.478. The molecule has 112 valence electrons. The molecule has 0 saturated heterocycles. The van der Waals surface area contributed by atoms with Gasteiger partial charge in [0.05, 0.1) is 6.04 Å². The van der Waals surface area contributed by atoms with E-state index in [9.17, 15) is 4.79 Å². The first-order valence-electron chi connectivity index (χ1n) is 7.00. The Kier molecular flexibility index (Phi) is 5.95. The Balaban J connectivity index is 2.19. The molecular weight excluding hydrogens is 252 g/mol. The lowest BCUT2D eigenvalue weighted by Crippen LogP contribution is -2.48. The van der Waals surface area contributed by atoms with Crippen molar-refractivity contribution < 1.29 is 4.79 Å². The highest BCUT2D eigenvalue weighted by Gasteiger charge is 2.26. The largest absolute Gasteiger partial charge is 0.370 e. The number of hydrogen-bond donors (Lipinski definition) is 3. The van der Waals surface area contributed by atoms with Crippen LogP contribution in [0.3, 0.4) is 0 Å². The topological polar surface area (TPSA) is 80.0 Å². The fourth-order valence-electron chi connectivity index (χ4n) is 1.59. The van der Waals surface area contributed by atoms with Gasteiger partial charge in [-0.05, 0) is 30.4 Å². The summed E-state index contributed by atoms with van der Waals surface area (Å²) in [5, 5.41) is 6.07. The zero-order valence-electron chi connectivity index (χ0n) is 12.9. The molecule has 0 aliphatic rings. The van der Waals surface area contributed by atoms with Gasteiger partial charge in [-0.15, -0.1) is 0 Å². The van der Waals surface area contributed by atoms with Crippen molar-refractivity contribution in [1.82, 2.24) is 10.3 Å². The number of carbonyl (C=O) groups excluding carboxylic acids is 1. The van der Waals surface area contributed by atoms with E-state index in [2.05, 4.69) is 15.6 Å². The molecule has 0 fully saturated rings. The molecule has 1 heterocycles. The molecule has 0 radical (unpaired) electrons. The maximum Gasteiger partial charge on any atom is 0.237 e. The number of pyridine rings is 1. The van der Waals surface area contributed by atoms with Gasteiger partial charge in [0.25, 0.3) is 0 Å². The summed E-state index contributed by atoms with van der Waals surface area (Å²) < 4.78 is 0. The first kappa shape index (κ1) is 16.4. The summed E-state index contributed by atoms with van der Waals surface area (Å²) in [6.07, 6.45) is 2.66. The van der Waals surface area contributed by atoms with E-state index in [1.807, 2.05) is 46.0 Å². The second-order valence-electron chi connectivity index (χ2n) is 6.14. The molecule has 4 N–H and O–H groups in total. The number of nitrogens with zero attached hydrogens (tertiary/aromatic N) is 1. The van der Waals surface area contributed by atoms with Gasteiger partial charge < -0.3 is 16.4 Å². The molecule has 5 heteroatoms. The molecule has 0 spiro atoms. The van der Waals surface area contributed by atoms with Gasteiger partial charge in [-0.3, -0.25) is 4.79 Å². The number of nitrogens with one attached hydrogen (secondary N) is 2. The minimum Gasteiger partial charge on any atom is -0.370 e. The van der Waals surface area contributed by atoms with Gasteiger partial charge in [-0.25, -0.2) is 4.98 Å². The van der Waals surface area contributed by atoms with Gasteiger partial charge in [-0.2, -0.15) is 0 Å². The normalized spacial score (nSPS) is 12.8. The van der Waals surface area contributed by atoms with Crippen molar-refractivity contribution in [2.75, 3.05) is 18.4 Å². The Bertz CT molecular complexity index is 422. The zero-order chi connectivity index (χ0) is 15.2. The molecule has 1 rings (SSSR count). The average molecular weight is 278 g/mol. The van der Waals surface area contributed by atoms with Crippen molar-refractivity contribution in [2.24, 2.45) is 11.1 Å². The van der Waals surface area contributed by atoms with Crippen LogP contribution in [0.4, 0.5) is 5.82 Å². The molecule has 20 heavy (non-hydrogen) atoms. The van der Waals surface area contributed by atoms with Crippen molar-refractivity contribution in [2.45, 2.75) is 40.2 Å². The second kappa shape index (κ2) is 7.24. The van der Waals surface area contributed by atoms with Crippen molar-refractivity contribution >= 4 is 11.7 Å². The highest BCUT2D eigenvalue weighted by Crippen LogP contribution is 2.16. The summed E-state index contributed by atoms with van der Waals surface area (Å²) in [7, 11) is 0. The first-order chi connectivity index (χ1) is 9.30. The van der Waals surface area contributed by atoms with Crippen molar-refractivity contribution in [1.29, 1.82) is 0 Å². The average Bonchev–Trinajstić information content (AvgIpc) is 2.38. The first-order valence-corrected chi connectivity index (χ1v) is 7.00. The highest BCUT2D eigenvalue weighted by atomic mass is 16.2. The Morgan fingerprint density at radius 1 is 1.35 bits per heavy atom. The van der Waals surface area contributed by atoms with E-state index in [1.54, 1.807) is 0 Å². The summed E-state index contributed by atoms with van der Waals surface area (Å²) in [4.78, 5) is 16.0. The summed E-state index contributed by atoms with van der Waals surface area (Å²) >= 11 is 0. The van der Waals surface area contributed by atoms with Gasteiger partial charge in [0.1, 0.15) is 5.82 Å². The van der Waals surface area contributed by atoms with Gasteiger partial charge in [-0.1, -0.05) is 26.8 Å². The molecule has 1 aromatic rings. The third-order valence-electron chi connectivity index (χ3n) is 3.09. The summed E-state index contributed by atoms with van der Waals surface area (Å²) in [5.74, 6) is 0.763. The molecule has 0 bridgehead atoms. The maximum atomic E-state index is 11.8. The molecule has 1 aromatic heterocycles. The third kappa shape index (κ3) is 5.57. The fraction of sp³-hybridized carbons (Fsp3) is 0.600. The van der Waals surface area contributed by atoms with Gasteiger partial charge in [0, 0.05) is 19.3 Å². The number of anilines is 1. The summed E-state index contributed by atoms with van der Waals surface area (Å²) in [5.41, 5.74) is 6.80. The number of aromatic nitrogens is 1. The van der Waals surface area contributed by atoms with E-state index in [1.165, 1.54) is 0 Å². The number of amides is 1. The van der Waals surface area contributed by atoms with Crippen LogP contribution in [0, 0.1) is 12.3 Å². The van der Waals surface area contributed by atoms with Crippen molar-refractivity contribution in [3.8, 4) is 0 Å². The summed E-state index contributed by atoms with van der Waals surface area (Å²) in [6, 6.07) is 3.48. The van der Waals surface area contributed by atoms with E-state index in [0.29, 0.717) is 6.54 Å². The quantitative estimate of drug-likeness (QED) is 0.692. The van der Waals surface area contributed by atoms with Crippen molar-refractivity contribution in [3.05, 3.63) is 23.9 Å². The molecular formula is C15H26N4O. The van der Waals surface area contributed by atoms with Crippen LogP contribution in [0.15, 0.2) is 18.3 Å². The van der Waals surface area contributed by atoms with Crippen molar-refractivity contribution in [3.63, 3.8) is 0 Å². The number of hydrogen-bond acceptors (Lipinski definition) is 4. The molecule has 0 aliphatic heterocycles. The molecule has 0 saturated carbocycles. The third-order valence-corrected chi connectivity index (χ3v) is 3.09. The lowest BCUT2D eigenvalue weighted by atomic mass is 9.87. The number of aryl methyl sites for hydroxylation is 1. The Morgan fingerprint density at radius 2 is 2.05 bits per heavy atom. The van der Waals surface area contributed by atoms with Gasteiger partial charge in [0.2, 0.25) is 5.91 Å². The lowest BCUT2D eigenvalue weighted by Gasteiger charge is -2.25. The van der Waals surface area contributed by atoms with Crippen LogP contribution >= 0.6 is 0 Å². The van der Waals surface area contributed by atoms with Gasteiger partial charge in [0.15, 0.2) is 0 Å². The van der Waals surface area contributed by atoms with E-state index in [0.717, 1.165) is 24.3 Å². The van der Waals surface area contributed by atoms with E-state index in [4.69, 9.17) is 5.73 Å². The van der Waals surface area contributed by atoms with E-state index in [-0.39, 0.29) is 11.3 Å². The molecule has 1 atom stereocenters. The number of carbonyl (C=O) groups is 1. The molecule has 0 aliphatic carbocycles. The Hall–Kier alpha value is -1.62. The molecule has 1 amide bonds. The molecule has 0 aromatic carbocycles. The Morgan fingerprint density at radius 3 is 2.60 bits per heavy atom. The van der Waals surface area contributed by atoms with E-state index < -0.39 is 6.04 Å². The highest BCUT2D eigenvalue weighted by molar-refractivity contribution is 5.82. The van der Waals surface area contributed by atoms with Crippen LogP contribution in [-0.2, 0) is 4.79 Å².